The Morgan fingerprint density at radius 3 is 2.76 bits per heavy atom. The Morgan fingerprint density at radius 2 is 2.21 bits per heavy atom. The van der Waals surface area contributed by atoms with Crippen LogP contribution in [-0.2, 0) is 12.9 Å². The van der Waals surface area contributed by atoms with Crippen LogP contribution in [-0.4, -0.2) is 49.6 Å². The van der Waals surface area contributed by atoms with E-state index in [1.165, 1.54) is 11.1 Å². The van der Waals surface area contributed by atoms with Gasteiger partial charge in [0.05, 0.1) is 24.1 Å². The van der Waals surface area contributed by atoms with Crippen molar-refractivity contribution >= 4 is 29.2 Å². The number of ether oxygens (including phenoxy) is 1. The van der Waals surface area contributed by atoms with Gasteiger partial charge in [0.15, 0.2) is 6.33 Å². The normalized spacial score (nSPS) is 11.0. The molecule has 0 radical (unpaired) electrons. The third-order valence-corrected chi connectivity index (χ3v) is 4.74. The first kappa shape index (κ1) is 25.4. The van der Waals surface area contributed by atoms with Gasteiger partial charge in [0, 0.05) is 19.5 Å². The molecule has 3 rings (SSSR count). The van der Waals surface area contributed by atoms with Crippen LogP contribution >= 0.6 is 11.8 Å². The van der Waals surface area contributed by atoms with Gasteiger partial charge in [-0.1, -0.05) is 18.7 Å². The molecule has 0 saturated carbocycles. The lowest BCUT2D eigenvalue weighted by Gasteiger charge is -2.07. The van der Waals surface area contributed by atoms with Gasteiger partial charge in [0.2, 0.25) is 0 Å². The smallest absolute Gasteiger partial charge is 0.162 e. The summed E-state index contributed by atoms with van der Waals surface area (Å²) in [5.74, 6) is 1.83. The zero-order valence-corrected chi connectivity index (χ0v) is 20.2. The lowest BCUT2D eigenvalue weighted by Crippen LogP contribution is -1.97. The summed E-state index contributed by atoms with van der Waals surface area (Å²) in [6, 6.07) is 7.52. The molecule has 11 heteroatoms. The van der Waals surface area contributed by atoms with E-state index in [0.717, 1.165) is 28.4 Å². The topological polar surface area (TPSA) is 119 Å². The van der Waals surface area contributed by atoms with E-state index in [4.69, 9.17) is 10.00 Å². The SMILES string of the molecule is C=C(/N=C\C(=C/C)c1ccc(C#N)c(OC)c1)Nc1cn(C)nc1C.CSCn1ncnn1. The van der Waals surface area contributed by atoms with Gasteiger partial charge in [0.25, 0.3) is 0 Å². The largest absolute Gasteiger partial charge is 0.495 e. The molecule has 1 aromatic carbocycles. The van der Waals surface area contributed by atoms with Crippen LogP contribution < -0.4 is 10.1 Å². The molecular formula is C22H27N9OS. The highest BCUT2D eigenvalue weighted by Gasteiger charge is 2.07. The van der Waals surface area contributed by atoms with Crippen LogP contribution in [0.25, 0.3) is 5.57 Å². The number of nitrogens with one attached hydrogen (secondary N) is 1. The summed E-state index contributed by atoms with van der Waals surface area (Å²) in [6.45, 7) is 7.76. The zero-order chi connectivity index (χ0) is 24.2. The Balaban J connectivity index is 0.000000405. The number of methoxy groups -OCH3 is 1. The van der Waals surface area contributed by atoms with Gasteiger partial charge < -0.3 is 10.1 Å². The number of thioether (sulfide) groups is 1. The van der Waals surface area contributed by atoms with E-state index in [2.05, 4.69) is 43.5 Å². The average Bonchev–Trinajstić information content (AvgIpc) is 3.43. The van der Waals surface area contributed by atoms with E-state index in [1.54, 1.807) is 35.8 Å². The van der Waals surface area contributed by atoms with Gasteiger partial charge >= 0.3 is 0 Å². The number of anilines is 1. The lowest BCUT2D eigenvalue weighted by molar-refractivity contribution is 0.413. The molecular weight excluding hydrogens is 438 g/mol. The van der Waals surface area contributed by atoms with E-state index in [-0.39, 0.29) is 0 Å². The minimum Gasteiger partial charge on any atom is -0.495 e. The fraction of sp³-hybridized carbons (Fsp3) is 0.273. The first-order valence-electron chi connectivity index (χ1n) is 9.86. The number of tetrazole rings is 1. The van der Waals surface area contributed by atoms with Gasteiger partial charge in [0.1, 0.15) is 23.5 Å². The van der Waals surface area contributed by atoms with Crippen LogP contribution in [0.15, 0.2) is 54.2 Å². The summed E-state index contributed by atoms with van der Waals surface area (Å²) in [7, 11) is 3.41. The summed E-state index contributed by atoms with van der Waals surface area (Å²) in [5.41, 5.74) is 4.05. The van der Waals surface area contributed by atoms with Gasteiger partial charge in [-0.05, 0) is 48.6 Å². The third-order valence-electron chi connectivity index (χ3n) is 4.25. The fourth-order valence-corrected chi connectivity index (χ4v) is 3.05. The maximum absolute atomic E-state index is 9.08. The van der Waals surface area contributed by atoms with Gasteiger partial charge in [-0.3, -0.25) is 4.68 Å². The highest BCUT2D eigenvalue weighted by molar-refractivity contribution is 7.97. The molecule has 0 fully saturated rings. The molecule has 0 unspecified atom stereocenters. The number of hydrogen-bond donors (Lipinski definition) is 1. The van der Waals surface area contributed by atoms with E-state index in [1.807, 2.05) is 51.6 Å². The number of nitriles is 1. The molecule has 0 aliphatic carbocycles. The second-order valence-corrected chi connectivity index (χ2v) is 7.46. The maximum Gasteiger partial charge on any atom is 0.162 e. The van der Waals surface area contributed by atoms with Crippen LogP contribution in [0.4, 0.5) is 5.69 Å². The number of benzene rings is 1. The molecule has 1 N–H and O–H groups in total. The van der Waals surface area contributed by atoms with Crippen molar-refractivity contribution in [3.05, 3.63) is 66.0 Å². The van der Waals surface area contributed by atoms with Crippen LogP contribution in [0.3, 0.4) is 0 Å². The lowest BCUT2D eigenvalue weighted by atomic mass is 10.0. The van der Waals surface area contributed by atoms with Gasteiger partial charge in [-0.15, -0.1) is 22.0 Å². The molecule has 33 heavy (non-hydrogen) atoms. The Labute approximate surface area is 197 Å². The van der Waals surface area contributed by atoms with Crippen molar-refractivity contribution in [3.63, 3.8) is 0 Å². The highest BCUT2D eigenvalue weighted by Crippen LogP contribution is 2.23. The minimum absolute atomic E-state index is 0.497. The summed E-state index contributed by atoms with van der Waals surface area (Å²) in [5, 5.41) is 27.4. The fourth-order valence-electron chi connectivity index (χ4n) is 2.70. The molecule has 0 bridgehead atoms. The second kappa shape index (κ2) is 12.8. The average molecular weight is 466 g/mol. The van der Waals surface area contributed by atoms with E-state index in [9.17, 15) is 0 Å². The Morgan fingerprint density at radius 1 is 1.42 bits per heavy atom. The molecule has 3 aromatic rings. The molecule has 0 spiro atoms. The van der Waals surface area contributed by atoms with Crippen molar-refractivity contribution in [2.75, 3.05) is 18.7 Å². The predicted octanol–water partition coefficient (Wildman–Crippen LogP) is 3.66. The molecule has 0 aliphatic heterocycles. The number of aliphatic imine (C=N–C) groups is 1. The van der Waals surface area contributed by atoms with E-state index < -0.39 is 0 Å². The van der Waals surface area contributed by atoms with E-state index >= 15 is 0 Å². The van der Waals surface area contributed by atoms with Crippen molar-refractivity contribution in [1.29, 1.82) is 5.26 Å². The first-order valence-corrected chi connectivity index (χ1v) is 11.3. The Hall–Kier alpha value is -3.91. The molecule has 2 aromatic heterocycles. The minimum atomic E-state index is 0.497. The molecule has 10 nitrogen and oxygen atoms in total. The highest BCUT2D eigenvalue weighted by atomic mass is 32.2. The number of aryl methyl sites for hydroxylation is 2. The first-order chi connectivity index (χ1) is 15.9. The number of aromatic nitrogens is 6. The van der Waals surface area contributed by atoms with E-state index in [0.29, 0.717) is 17.1 Å². The number of rotatable bonds is 8. The summed E-state index contributed by atoms with van der Waals surface area (Å²) < 4.78 is 6.99. The maximum atomic E-state index is 9.08. The van der Waals surface area contributed by atoms with Crippen molar-refractivity contribution in [2.24, 2.45) is 12.0 Å². The third kappa shape index (κ3) is 7.62. The number of nitrogens with zero attached hydrogens (tertiary/aromatic N) is 8. The summed E-state index contributed by atoms with van der Waals surface area (Å²) >= 11 is 1.66. The van der Waals surface area contributed by atoms with Gasteiger partial charge in [-0.2, -0.15) is 15.2 Å². The Kier molecular flexibility index (Phi) is 9.85. The predicted molar refractivity (Wildman–Crippen MR) is 132 cm³/mol. The molecule has 0 saturated heterocycles. The molecule has 0 atom stereocenters. The quantitative estimate of drug-likeness (QED) is 0.501. The standard InChI is InChI=1S/C19H21N5O.C3H6N4S/c1-6-15(16-7-8-17(10-20)19(9-16)25-5)11-21-14(3)22-18-12-24(4)23-13(18)2;1-8-3-7-5-2-4-6-7/h6-9,11-12,22H,3H2,1-2,4-5H3;2H,3H2,1H3/b15-6+,21-11-;. The van der Waals surface area contributed by atoms with Crippen LogP contribution in [0, 0.1) is 18.3 Å². The molecule has 0 aliphatic rings. The summed E-state index contributed by atoms with van der Waals surface area (Å²) in [4.78, 5) is 5.91. The number of hydrogen-bond acceptors (Lipinski definition) is 9. The van der Waals surface area contributed by atoms with Crippen LogP contribution in [0.2, 0.25) is 0 Å². The molecule has 0 amide bonds. The van der Waals surface area contributed by atoms with Crippen molar-refractivity contribution in [3.8, 4) is 11.8 Å². The van der Waals surface area contributed by atoms with Gasteiger partial charge in [-0.25, -0.2) is 4.99 Å². The van der Waals surface area contributed by atoms with Crippen molar-refractivity contribution in [1.82, 2.24) is 30.0 Å². The number of allylic oxidation sites excluding steroid dienone is 2. The van der Waals surface area contributed by atoms with Crippen molar-refractivity contribution in [2.45, 2.75) is 19.7 Å². The van der Waals surface area contributed by atoms with Crippen LogP contribution in [0.5, 0.6) is 5.75 Å². The molecule has 172 valence electrons. The van der Waals surface area contributed by atoms with Crippen LogP contribution in [0.1, 0.15) is 23.7 Å². The molecule has 2 heterocycles. The second-order valence-electron chi connectivity index (χ2n) is 6.63. The monoisotopic (exact) mass is 465 g/mol. The Bertz CT molecular complexity index is 1160. The summed E-state index contributed by atoms with van der Waals surface area (Å²) in [6.07, 6.45) is 8.95. The van der Waals surface area contributed by atoms with Crippen molar-refractivity contribution < 1.29 is 4.74 Å². The zero-order valence-electron chi connectivity index (χ0n) is 19.3.